The second-order valence-corrected chi connectivity index (χ2v) is 7.24. The topological polar surface area (TPSA) is 45.4 Å². The fourth-order valence-corrected chi connectivity index (χ4v) is 4.18. The Bertz CT molecular complexity index is 1360. The normalized spacial score (nSPS) is 13.4. The molecule has 0 unspecified atom stereocenters. The van der Waals surface area contributed by atoms with Crippen molar-refractivity contribution in [2.45, 2.75) is 6.92 Å². The zero-order valence-corrected chi connectivity index (χ0v) is 15.9. The lowest BCUT2D eigenvalue weighted by Crippen LogP contribution is -2.25. The molecular formula is C24H18N4O. The van der Waals surface area contributed by atoms with Gasteiger partial charge in [-0.25, -0.2) is 9.97 Å². The molecule has 6 rings (SSSR count). The number of para-hydroxylation sites is 2. The molecule has 0 amide bonds. The lowest BCUT2D eigenvalue weighted by molar-refractivity contribution is 0.667. The van der Waals surface area contributed by atoms with Crippen LogP contribution in [0.4, 0.5) is 23.0 Å². The standard InChI is InChI=1S/C24H18N4O/c1-16-11-12-19-18-9-5-6-10-20(18)29-22(19)21(16)28-15-27(17-7-3-2-4-8-17)23-24(28)26-14-13-25-23/h2-14H,15H2,1H3. The number of aromatic nitrogens is 2. The SMILES string of the molecule is Cc1ccc2c(oc3ccccc32)c1N1CN(c2ccccc2)c2nccnc21. The molecule has 0 radical (unpaired) electrons. The third-order valence-electron chi connectivity index (χ3n) is 5.51. The number of fused-ring (bicyclic) bond motifs is 4. The van der Waals surface area contributed by atoms with Crippen molar-refractivity contribution in [3.8, 4) is 0 Å². The molecule has 0 atom stereocenters. The molecule has 5 aromatic rings. The van der Waals surface area contributed by atoms with Gasteiger partial charge in [0.15, 0.2) is 17.2 Å². The van der Waals surface area contributed by atoms with Crippen LogP contribution in [0.5, 0.6) is 0 Å². The van der Waals surface area contributed by atoms with Crippen LogP contribution in [0.2, 0.25) is 0 Å². The molecule has 5 heteroatoms. The number of aryl methyl sites for hydroxylation is 1. The summed E-state index contributed by atoms with van der Waals surface area (Å²) in [5.74, 6) is 1.69. The highest BCUT2D eigenvalue weighted by atomic mass is 16.3. The monoisotopic (exact) mass is 378 g/mol. The highest BCUT2D eigenvalue weighted by Gasteiger charge is 2.33. The molecule has 0 N–H and O–H groups in total. The first kappa shape index (κ1) is 16.1. The minimum absolute atomic E-state index is 0.625. The van der Waals surface area contributed by atoms with Gasteiger partial charge in [0.2, 0.25) is 0 Å². The zero-order valence-electron chi connectivity index (χ0n) is 15.9. The highest BCUT2D eigenvalue weighted by molar-refractivity contribution is 6.10. The minimum atomic E-state index is 0.625. The summed E-state index contributed by atoms with van der Waals surface area (Å²) in [5.41, 5.74) is 5.05. The second kappa shape index (κ2) is 6.07. The molecule has 0 fully saturated rings. The molecule has 0 spiro atoms. The van der Waals surface area contributed by atoms with Crippen LogP contribution in [0.1, 0.15) is 5.56 Å². The summed E-state index contributed by atoms with van der Waals surface area (Å²) in [6, 6.07) is 22.8. The summed E-state index contributed by atoms with van der Waals surface area (Å²) >= 11 is 0. The Hall–Kier alpha value is -3.86. The third kappa shape index (κ3) is 2.34. The van der Waals surface area contributed by atoms with Crippen LogP contribution >= 0.6 is 0 Å². The van der Waals surface area contributed by atoms with Crippen LogP contribution < -0.4 is 9.80 Å². The van der Waals surface area contributed by atoms with Gasteiger partial charge in [0.25, 0.3) is 0 Å². The predicted octanol–water partition coefficient (Wildman–Crippen LogP) is 5.93. The molecule has 0 aliphatic carbocycles. The molecule has 3 heterocycles. The van der Waals surface area contributed by atoms with Gasteiger partial charge in [-0.2, -0.15) is 0 Å². The van der Waals surface area contributed by atoms with Crippen molar-refractivity contribution in [3.63, 3.8) is 0 Å². The van der Waals surface area contributed by atoms with E-state index in [1.54, 1.807) is 12.4 Å². The van der Waals surface area contributed by atoms with E-state index in [9.17, 15) is 0 Å². The summed E-state index contributed by atoms with van der Waals surface area (Å²) in [4.78, 5) is 13.7. The molecule has 1 aliphatic heterocycles. The van der Waals surface area contributed by atoms with Gasteiger partial charge in [-0.1, -0.05) is 48.5 Å². The van der Waals surface area contributed by atoms with Crippen molar-refractivity contribution in [3.05, 3.63) is 84.7 Å². The van der Waals surface area contributed by atoms with Gasteiger partial charge < -0.3 is 14.2 Å². The van der Waals surface area contributed by atoms with Gasteiger partial charge in [0.1, 0.15) is 12.3 Å². The van der Waals surface area contributed by atoms with Crippen LogP contribution in [-0.4, -0.2) is 16.6 Å². The summed E-state index contributed by atoms with van der Waals surface area (Å²) in [6.07, 6.45) is 3.49. The van der Waals surface area contributed by atoms with Gasteiger partial charge in [0, 0.05) is 28.9 Å². The van der Waals surface area contributed by atoms with E-state index in [4.69, 9.17) is 4.42 Å². The zero-order chi connectivity index (χ0) is 19.4. The van der Waals surface area contributed by atoms with E-state index in [0.29, 0.717) is 6.67 Å². The van der Waals surface area contributed by atoms with Crippen molar-refractivity contribution in [2.24, 2.45) is 0 Å². The molecule has 29 heavy (non-hydrogen) atoms. The number of benzene rings is 3. The second-order valence-electron chi connectivity index (χ2n) is 7.24. The molecule has 0 saturated heterocycles. The van der Waals surface area contributed by atoms with Gasteiger partial charge >= 0.3 is 0 Å². The maximum absolute atomic E-state index is 6.32. The molecule has 5 nitrogen and oxygen atoms in total. The fraction of sp³-hybridized carbons (Fsp3) is 0.0833. The first-order valence-electron chi connectivity index (χ1n) is 9.63. The van der Waals surface area contributed by atoms with Crippen molar-refractivity contribution in [1.29, 1.82) is 0 Å². The molecule has 2 aromatic heterocycles. The Morgan fingerprint density at radius 3 is 2.31 bits per heavy atom. The Morgan fingerprint density at radius 1 is 0.759 bits per heavy atom. The summed E-state index contributed by atoms with van der Waals surface area (Å²) in [6.45, 7) is 2.74. The summed E-state index contributed by atoms with van der Waals surface area (Å²) < 4.78 is 6.32. The van der Waals surface area contributed by atoms with Crippen LogP contribution in [0.25, 0.3) is 21.9 Å². The molecule has 3 aromatic carbocycles. The van der Waals surface area contributed by atoms with Gasteiger partial charge in [0.05, 0.1) is 5.69 Å². The highest BCUT2D eigenvalue weighted by Crippen LogP contribution is 2.46. The quantitative estimate of drug-likeness (QED) is 0.381. The van der Waals surface area contributed by atoms with E-state index in [-0.39, 0.29) is 0 Å². The number of hydrogen-bond acceptors (Lipinski definition) is 5. The lowest BCUT2D eigenvalue weighted by Gasteiger charge is -2.22. The van der Waals surface area contributed by atoms with E-state index in [0.717, 1.165) is 50.5 Å². The van der Waals surface area contributed by atoms with Gasteiger partial charge in [-0.3, -0.25) is 0 Å². The number of rotatable bonds is 2. The number of furan rings is 1. The van der Waals surface area contributed by atoms with Crippen LogP contribution in [0.15, 0.2) is 83.5 Å². The van der Waals surface area contributed by atoms with Crippen molar-refractivity contribution < 1.29 is 4.42 Å². The number of nitrogens with zero attached hydrogens (tertiary/aromatic N) is 4. The van der Waals surface area contributed by atoms with Gasteiger partial charge in [-0.05, 0) is 30.7 Å². The molecule has 0 bridgehead atoms. The molecular weight excluding hydrogens is 360 g/mol. The van der Waals surface area contributed by atoms with E-state index in [1.807, 2.05) is 36.4 Å². The average Bonchev–Trinajstić information content (AvgIpc) is 3.33. The van der Waals surface area contributed by atoms with E-state index in [1.165, 1.54) is 0 Å². The third-order valence-corrected chi connectivity index (χ3v) is 5.51. The Labute approximate surface area is 167 Å². The Kier molecular flexibility index (Phi) is 3.38. The van der Waals surface area contributed by atoms with E-state index >= 15 is 0 Å². The van der Waals surface area contributed by atoms with E-state index < -0.39 is 0 Å². The van der Waals surface area contributed by atoms with Gasteiger partial charge in [-0.15, -0.1) is 0 Å². The summed E-state index contributed by atoms with van der Waals surface area (Å²) in [7, 11) is 0. The molecule has 140 valence electrons. The molecule has 0 saturated carbocycles. The Balaban J connectivity index is 1.59. The van der Waals surface area contributed by atoms with Crippen LogP contribution in [-0.2, 0) is 0 Å². The Morgan fingerprint density at radius 2 is 1.48 bits per heavy atom. The van der Waals surface area contributed by atoms with Crippen molar-refractivity contribution >= 4 is 44.9 Å². The predicted molar refractivity (Wildman–Crippen MR) is 116 cm³/mol. The summed E-state index contributed by atoms with van der Waals surface area (Å²) in [5, 5.41) is 2.24. The lowest BCUT2D eigenvalue weighted by atomic mass is 10.1. The molecule has 1 aliphatic rings. The van der Waals surface area contributed by atoms with Crippen LogP contribution in [0.3, 0.4) is 0 Å². The first-order valence-corrected chi connectivity index (χ1v) is 9.63. The largest absolute Gasteiger partial charge is 0.454 e. The maximum atomic E-state index is 6.32. The number of hydrogen-bond donors (Lipinski definition) is 0. The smallest absolute Gasteiger partial charge is 0.178 e. The minimum Gasteiger partial charge on any atom is -0.454 e. The van der Waals surface area contributed by atoms with Crippen molar-refractivity contribution in [1.82, 2.24) is 9.97 Å². The number of anilines is 4. The fourth-order valence-electron chi connectivity index (χ4n) is 4.18. The van der Waals surface area contributed by atoms with Crippen LogP contribution in [0, 0.1) is 6.92 Å². The maximum Gasteiger partial charge on any atom is 0.178 e. The first-order chi connectivity index (χ1) is 14.3. The van der Waals surface area contributed by atoms with Crippen molar-refractivity contribution in [2.75, 3.05) is 16.5 Å². The van der Waals surface area contributed by atoms with E-state index in [2.05, 4.69) is 57.0 Å². The average molecular weight is 378 g/mol.